The molecule has 1 aliphatic heterocycles. The van der Waals surface area contributed by atoms with Crippen molar-refractivity contribution < 1.29 is 47.3 Å². The third kappa shape index (κ3) is 15.7. The Balaban J connectivity index is 1.88. The topological polar surface area (TPSA) is 140 Å². The number of hydrogen-bond donors (Lipinski definition) is 0. The van der Waals surface area contributed by atoms with E-state index in [0.29, 0.717) is 24.2 Å². The Labute approximate surface area is 289 Å². The molecule has 1 aromatic rings. The van der Waals surface area contributed by atoms with Crippen LogP contribution in [-0.2, 0) is 49.5 Å². The minimum absolute atomic E-state index is 0.0736. The van der Waals surface area contributed by atoms with E-state index < -0.39 is 36.2 Å². The molecule has 13 heteroatoms. The predicted octanol–water partition coefficient (Wildman–Crippen LogP) is 5.86. The fourth-order valence-electron chi connectivity index (χ4n) is 4.84. The van der Waals surface area contributed by atoms with Gasteiger partial charge in [0, 0.05) is 25.5 Å². The van der Waals surface area contributed by atoms with Crippen LogP contribution in [0, 0.1) is 0 Å². The van der Waals surface area contributed by atoms with Gasteiger partial charge in [-0.3, -0.25) is 23.7 Å². The van der Waals surface area contributed by atoms with Crippen LogP contribution in [0.5, 0.6) is 0 Å². The highest BCUT2D eigenvalue weighted by Gasteiger charge is 2.36. The van der Waals surface area contributed by atoms with Gasteiger partial charge in [-0.2, -0.15) is 8.75 Å². The zero-order valence-corrected chi connectivity index (χ0v) is 30.1. The second kappa shape index (κ2) is 23.0. The molecule has 0 saturated heterocycles. The van der Waals surface area contributed by atoms with Gasteiger partial charge >= 0.3 is 23.9 Å². The molecule has 0 aromatic carbocycles. The molecular formula is C35H54N3O9S+. The van der Waals surface area contributed by atoms with Gasteiger partial charge in [-0.05, 0) is 19.3 Å². The van der Waals surface area contributed by atoms with Crippen molar-refractivity contribution in [2.75, 3.05) is 40.0 Å². The summed E-state index contributed by atoms with van der Waals surface area (Å²) in [6.45, 7) is 9.81. The van der Waals surface area contributed by atoms with E-state index in [-0.39, 0.29) is 38.9 Å². The van der Waals surface area contributed by atoms with Crippen LogP contribution < -0.4 is 0 Å². The van der Waals surface area contributed by atoms with Crippen LogP contribution in [0.1, 0.15) is 103 Å². The van der Waals surface area contributed by atoms with E-state index in [1.165, 1.54) is 11.7 Å². The van der Waals surface area contributed by atoms with Crippen LogP contribution in [0.3, 0.4) is 0 Å². The van der Waals surface area contributed by atoms with Crippen LogP contribution in [0.2, 0.25) is 0 Å². The van der Waals surface area contributed by atoms with E-state index in [9.17, 15) is 19.2 Å². The highest BCUT2D eigenvalue weighted by molar-refractivity contribution is 6.99. The molecule has 1 unspecified atom stereocenters. The molecule has 0 saturated carbocycles. The zero-order valence-electron chi connectivity index (χ0n) is 29.3. The van der Waals surface area contributed by atoms with Gasteiger partial charge in [0.2, 0.25) is 6.23 Å². The SMILES string of the molecule is CC/C=C\CC(=O)OCC(COC(=O)C/C=C\CC)OC(=O)CCC(=O)O[C@H](C)[N+]1(C)CCC=C(c2nsnc2COCCCCC)C1. The summed E-state index contributed by atoms with van der Waals surface area (Å²) in [5.41, 5.74) is 2.71. The van der Waals surface area contributed by atoms with Crippen molar-refractivity contribution in [3.63, 3.8) is 0 Å². The second-order valence-electron chi connectivity index (χ2n) is 11.9. The van der Waals surface area contributed by atoms with Crippen molar-refractivity contribution in [3.05, 3.63) is 41.8 Å². The predicted molar refractivity (Wildman–Crippen MR) is 182 cm³/mol. The Hall–Kier alpha value is -3.42. The fraction of sp³-hybridized carbons (Fsp3) is 0.657. The van der Waals surface area contributed by atoms with Crippen LogP contribution in [0.4, 0.5) is 0 Å². The molecule has 2 atom stereocenters. The summed E-state index contributed by atoms with van der Waals surface area (Å²) in [5.74, 6) is -2.23. The number of quaternary nitrogens is 1. The van der Waals surface area contributed by atoms with Gasteiger partial charge in [0.05, 0.1) is 57.6 Å². The fourth-order valence-corrected chi connectivity index (χ4v) is 5.42. The summed E-state index contributed by atoms with van der Waals surface area (Å²) in [4.78, 5) is 49.6. The first-order chi connectivity index (χ1) is 23.1. The lowest BCUT2D eigenvalue weighted by Crippen LogP contribution is -2.55. The molecule has 12 nitrogen and oxygen atoms in total. The number of aromatic nitrogens is 2. The van der Waals surface area contributed by atoms with Crippen molar-refractivity contribution in [2.24, 2.45) is 0 Å². The number of allylic oxidation sites excluding steroid dienone is 2. The first-order valence-electron chi connectivity index (χ1n) is 17.0. The van der Waals surface area contributed by atoms with Crippen molar-refractivity contribution in [1.29, 1.82) is 0 Å². The number of nitrogens with zero attached hydrogens (tertiary/aromatic N) is 3. The number of unbranched alkanes of at least 4 members (excludes halogenated alkanes) is 2. The molecule has 0 aliphatic carbocycles. The Kier molecular flexibility index (Phi) is 19.5. The monoisotopic (exact) mass is 692 g/mol. The summed E-state index contributed by atoms with van der Waals surface area (Å²) < 4.78 is 37.0. The number of carbonyl (C=O) groups is 4. The number of ether oxygens (including phenoxy) is 5. The number of esters is 4. The van der Waals surface area contributed by atoms with Crippen molar-refractivity contribution in [2.45, 2.75) is 111 Å². The third-order valence-electron chi connectivity index (χ3n) is 7.80. The molecule has 2 heterocycles. The summed E-state index contributed by atoms with van der Waals surface area (Å²) in [6.07, 6.45) is 13.1. The second-order valence-corrected chi connectivity index (χ2v) is 12.5. The molecule has 0 spiro atoms. The van der Waals surface area contributed by atoms with Crippen LogP contribution in [-0.4, -0.2) is 89.4 Å². The van der Waals surface area contributed by atoms with E-state index in [2.05, 4.69) is 21.7 Å². The normalized spacial score (nSPS) is 17.0. The number of hydrogen-bond acceptors (Lipinski definition) is 12. The molecule has 0 N–H and O–H groups in total. The summed E-state index contributed by atoms with van der Waals surface area (Å²) >= 11 is 1.17. The standard InChI is InChI=1S/C35H54N3O9S/c1-6-9-12-17-31(39)44-24-29(25-45-32(40)18-13-10-7-2)47-34(42)20-19-33(41)46-27(4)38(5)21-15-16-28(23-38)35-30(36-48-37-35)26-43-22-14-11-8-3/h9-10,12-13,16,27,29H,6-8,11,14-15,17-26H2,1-5H3/q+1/b12-9-,13-10-/t27-,38?/m1/s1. The van der Waals surface area contributed by atoms with E-state index in [4.69, 9.17) is 23.7 Å². The molecule has 0 bridgehead atoms. The number of carbonyl (C=O) groups excluding carboxylic acids is 4. The lowest BCUT2D eigenvalue weighted by molar-refractivity contribution is -0.944. The zero-order chi connectivity index (χ0) is 35.2. The minimum Gasteiger partial charge on any atom is -0.461 e. The Morgan fingerprint density at radius 2 is 1.50 bits per heavy atom. The molecule has 1 aliphatic rings. The Bertz CT molecular complexity index is 1210. The molecule has 0 amide bonds. The van der Waals surface area contributed by atoms with Crippen molar-refractivity contribution >= 4 is 41.2 Å². The molecule has 2 rings (SSSR count). The quantitative estimate of drug-likeness (QED) is 0.0448. The number of likely N-dealkylation sites (N-methyl/N-ethyl adjacent to an activating group) is 1. The first kappa shape index (κ1) is 40.8. The van der Waals surface area contributed by atoms with E-state index >= 15 is 0 Å². The average Bonchev–Trinajstić information content (AvgIpc) is 3.54. The van der Waals surface area contributed by atoms with Gasteiger partial charge in [-0.25, -0.2) is 0 Å². The highest BCUT2D eigenvalue weighted by atomic mass is 32.1. The average molecular weight is 693 g/mol. The summed E-state index contributed by atoms with van der Waals surface area (Å²) in [5, 5.41) is 0. The summed E-state index contributed by atoms with van der Waals surface area (Å²) in [7, 11) is 2.03. The molecule has 268 valence electrons. The number of rotatable bonds is 23. The van der Waals surface area contributed by atoms with E-state index in [1.807, 2.05) is 40.0 Å². The summed E-state index contributed by atoms with van der Waals surface area (Å²) in [6, 6.07) is 0. The van der Waals surface area contributed by atoms with Crippen LogP contribution >= 0.6 is 11.7 Å². The Morgan fingerprint density at radius 1 is 0.875 bits per heavy atom. The van der Waals surface area contributed by atoms with E-state index in [0.717, 1.165) is 62.0 Å². The molecular weight excluding hydrogens is 638 g/mol. The van der Waals surface area contributed by atoms with Gasteiger partial charge in [-0.1, -0.05) is 64.0 Å². The maximum atomic E-state index is 12.8. The highest BCUT2D eigenvalue weighted by Crippen LogP contribution is 2.29. The first-order valence-corrected chi connectivity index (χ1v) is 17.8. The Morgan fingerprint density at radius 3 is 2.10 bits per heavy atom. The lowest BCUT2D eigenvalue weighted by atomic mass is 10.0. The smallest absolute Gasteiger partial charge is 0.310 e. The molecule has 0 fully saturated rings. The van der Waals surface area contributed by atoms with Gasteiger partial charge in [-0.15, -0.1) is 0 Å². The van der Waals surface area contributed by atoms with Gasteiger partial charge in [0.25, 0.3) is 0 Å². The largest absolute Gasteiger partial charge is 0.461 e. The van der Waals surface area contributed by atoms with E-state index in [1.54, 1.807) is 12.2 Å². The third-order valence-corrected chi connectivity index (χ3v) is 8.37. The molecule has 0 radical (unpaired) electrons. The molecule has 48 heavy (non-hydrogen) atoms. The van der Waals surface area contributed by atoms with Crippen LogP contribution in [0.25, 0.3) is 5.57 Å². The van der Waals surface area contributed by atoms with Gasteiger partial charge < -0.3 is 23.7 Å². The maximum Gasteiger partial charge on any atom is 0.310 e. The molecule has 1 aromatic heterocycles. The maximum absolute atomic E-state index is 12.8. The van der Waals surface area contributed by atoms with Crippen molar-refractivity contribution in [3.8, 4) is 0 Å². The minimum atomic E-state index is -1.01. The van der Waals surface area contributed by atoms with Gasteiger partial charge in [0.15, 0.2) is 6.10 Å². The van der Waals surface area contributed by atoms with Gasteiger partial charge in [0.1, 0.15) is 31.1 Å². The van der Waals surface area contributed by atoms with Crippen LogP contribution in [0.15, 0.2) is 30.4 Å². The van der Waals surface area contributed by atoms with Crippen molar-refractivity contribution in [1.82, 2.24) is 8.75 Å². The lowest BCUT2D eigenvalue weighted by Gasteiger charge is -2.41.